The van der Waals surface area contributed by atoms with Crippen molar-refractivity contribution in [3.8, 4) is 0 Å². The predicted molar refractivity (Wildman–Crippen MR) is 133 cm³/mol. The third-order valence-electron chi connectivity index (χ3n) is 4.92. The first-order valence-corrected chi connectivity index (χ1v) is 12.0. The minimum absolute atomic E-state index is 0.0786. The first-order chi connectivity index (χ1) is 15.7. The highest BCUT2D eigenvalue weighted by molar-refractivity contribution is 7.99. The summed E-state index contributed by atoms with van der Waals surface area (Å²) in [6.07, 6.45) is 0. The van der Waals surface area contributed by atoms with Crippen LogP contribution in [0.25, 0.3) is 0 Å². The number of rotatable bonds is 8. The monoisotopic (exact) mass is 505 g/mol. The lowest BCUT2D eigenvalue weighted by atomic mass is 10.0. The van der Waals surface area contributed by atoms with Gasteiger partial charge in [0.2, 0.25) is 5.91 Å². The zero-order chi connectivity index (χ0) is 24.1. The van der Waals surface area contributed by atoms with Crippen molar-refractivity contribution in [2.75, 3.05) is 11.1 Å². The molecule has 2 aromatic carbocycles. The Labute approximate surface area is 207 Å². The van der Waals surface area contributed by atoms with Gasteiger partial charge in [-0.15, -0.1) is 10.2 Å². The average molecular weight is 506 g/mol. The van der Waals surface area contributed by atoms with Gasteiger partial charge in [0.05, 0.1) is 22.5 Å². The molecule has 3 aromatic rings. The van der Waals surface area contributed by atoms with Crippen LogP contribution in [0.15, 0.2) is 47.6 Å². The minimum Gasteiger partial charge on any atom is -0.342 e. The fraction of sp³-hybridized carbons (Fsp3) is 0.304. The molecule has 2 N–H and O–H groups in total. The molecular weight excluding hydrogens is 481 g/mol. The highest BCUT2D eigenvalue weighted by atomic mass is 35.5. The number of hydrogen-bond acceptors (Lipinski definition) is 5. The topological polar surface area (TPSA) is 88.9 Å². The van der Waals surface area contributed by atoms with Crippen LogP contribution in [0.2, 0.25) is 10.0 Å². The second kappa shape index (κ2) is 11.0. The number of halogens is 2. The fourth-order valence-electron chi connectivity index (χ4n) is 3.17. The van der Waals surface area contributed by atoms with Crippen molar-refractivity contribution >= 4 is 52.5 Å². The number of carbonyl (C=O) groups is 2. The van der Waals surface area contributed by atoms with Crippen LogP contribution in [0.4, 0.5) is 5.69 Å². The normalized spacial score (nSPS) is 12.0. The van der Waals surface area contributed by atoms with E-state index in [1.807, 2.05) is 46.0 Å². The molecule has 0 aliphatic heterocycles. The van der Waals surface area contributed by atoms with Crippen molar-refractivity contribution < 1.29 is 9.59 Å². The number of aryl methyl sites for hydroxylation is 1. The number of nitrogens with zero attached hydrogens (tertiary/aromatic N) is 3. The van der Waals surface area contributed by atoms with Gasteiger partial charge in [-0.25, -0.2) is 0 Å². The molecule has 0 spiro atoms. The maximum Gasteiger partial charge on any atom is 0.251 e. The van der Waals surface area contributed by atoms with Crippen molar-refractivity contribution in [1.29, 1.82) is 0 Å². The van der Waals surface area contributed by atoms with E-state index in [-0.39, 0.29) is 29.5 Å². The van der Waals surface area contributed by atoms with Crippen molar-refractivity contribution in [2.45, 2.75) is 32.0 Å². The molecule has 0 saturated carbocycles. The molecule has 1 atom stereocenters. The first-order valence-electron chi connectivity index (χ1n) is 10.3. The molecule has 0 aliphatic rings. The molecule has 0 radical (unpaired) electrons. The molecule has 7 nitrogen and oxygen atoms in total. The number of hydrogen-bond donors (Lipinski definition) is 2. The van der Waals surface area contributed by atoms with E-state index >= 15 is 0 Å². The van der Waals surface area contributed by atoms with Gasteiger partial charge < -0.3 is 15.2 Å². The number of anilines is 1. The predicted octanol–water partition coefficient (Wildman–Crippen LogP) is 5.29. The van der Waals surface area contributed by atoms with E-state index in [0.717, 1.165) is 5.56 Å². The van der Waals surface area contributed by atoms with Gasteiger partial charge in [-0.2, -0.15) is 0 Å². The third-order valence-corrected chi connectivity index (χ3v) is 6.49. The van der Waals surface area contributed by atoms with Gasteiger partial charge in [0.25, 0.3) is 5.91 Å². The van der Waals surface area contributed by atoms with Crippen LogP contribution in [-0.2, 0) is 11.8 Å². The Morgan fingerprint density at radius 1 is 1.12 bits per heavy atom. The molecule has 2 amide bonds. The lowest BCUT2D eigenvalue weighted by molar-refractivity contribution is -0.113. The SMILES string of the molecule is Cc1cccc(C(=O)N[C@H](c2nnc(SCC(=O)Nc3ccc(Cl)cc3Cl)n2C)C(C)C)c1. The fourth-order valence-corrected chi connectivity index (χ4v) is 4.34. The van der Waals surface area contributed by atoms with E-state index in [4.69, 9.17) is 23.2 Å². The summed E-state index contributed by atoms with van der Waals surface area (Å²) in [5.74, 6) is 0.410. The Hall–Kier alpha value is -2.55. The zero-order valence-electron chi connectivity index (χ0n) is 18.7. The highest BCUT2D eigenvalue weighted by Gasteiger charge is 2.25. The molecule has 0 bridgehead atoms. The summed E-state index contributed by atoms with van der Waals surface area (Å²) < 4.78 is 1.80. The van der Waals surface area contributed by atoms with Crippen molar-refractivity contribution in [3.63, 3.8) is 0 Å². The molecular formula is C23H25Cl2N5O2S. The maximum atomic E-state index is 12.8. The summed E-state index contributed by atoms with van der Waals surface area (Å²) in [6, 6.07) is 12.0. The van der Waals surface area contributed by atoms with Gasteiger partial charge in [0.15, 0.2) is 11.0 Å². The lowest BCUT2D eigenvalue weighted by Crippen LogP contribution is -2.33. The smallest absolute Gasteiger partial charge is 0.251 e. The van der Waals surface area contributed by atoms with E-state index in [1.54, 1.807) is 28.8 Å². The van der Waals surface area contributed by atoms with Gasteiger partial charge >= 0.3 is 0 Å². The number of amides is 2. The van der Waals surface area contributed by atoms with Crippen molar-refractivity contribution in [2.24, 2.45) is 13.0 Å². The van der Waals surface area contributed by atoms with Crippen molar-refractivity contribution in [3.05, 3.63) is 69.5 Å². The van der Waals surface area contributed by atoms with Gasteiger partial charge in [-0.1, -0.05) is 66.5 Å². The van der Waals surface area contributed by atoms with Gasteiger partial charge in [-0.05, 0) is 43.2 Å². The highest BCUT2D eigenvalue weighted by Crippen LogP contribution is 2.27. The molecule has 174 valence electrons. The number of benzene rings is 2. The summed E-state index contributed by atoms with van der Waals surface area (Å²) >= 11 is 13.2. The largest absolute Gasteiger partial charge is 0.342 e. The molecule has 0 unspecified atom stereocenters. The van der Waals surface area contributed by atoms with Crippen LogP contribution in [0.3, 0.4) is 0 Å². The van der Waals surface area contributed by atoms with Gasteiger partial charge in [0, 0.05) is 17.6 Å². The zero-order valence-corrected chi connectivity index (χ0v) is 21.1. The molecule has 3 rings (SSSR count). The van der Waals surface area contributed by atoms with Crippen molar-refractivity contribution in [1.82, 2.24) is 20.1 Å². The second-order valence-electron chi connectivity index (χ2n) is 7.93. The standard InChI is InChI=1S/C23H25Cl2N5O2S/c1-13(2)20(27-22(32)15-7-5-6-14(3)10-15)21-28-29-23(30(21)4)33-12-19(31)26-18-9-8-16(24)11-17(18)25/h5-11,13,20H,12H2,1-4H3,(H,26,31)(H,27,32)/t20-/m0/s1. The molecule has 1 aromatic heterocycles. The van der Waals surface area contributed by atoms with Crippen LogP contribution >= 0.6 is 35.0 Å². The average Bonchev–Trinajstić information content (AvgIpc) is 3.12. The lowest BCUT2D eigenvalue weighted by Gasteiger charge is -2.21. The quantitative estimate of drug-likeness (QED) is 0.406. The maximum absolute atomic E-state index is 12.8. The van der Waals surface area contributed by atoms with Crippen LogP contribution in [0, 0.1) is 12.8 Å². The Bertz CT molecular complexity index is 1170. The minimum atomic E-state index is -0.341. The molecule has 0 aliphatic carbocycles. The van der Waals surface area contributed by atoms with Crippen LogP contribution < -0.4 is 10.6 Å². The number of carbonyl (C=O) groups excluding carboxylic acids is 2. The van der Waals surface area contributed by atoms with E-state index in [9.17, 15) is 9.59 Å². The summed E-state index contributed by atoms with van der Waals surface area (Å²) in [7, 11) is 1.82. The molecule has 33 heavy (non-hydrogen) atoms. The van der Waals surface area contributed by atoms with Crippen LogP contribution in [0.5, 0.6) is 0 Å². The number of aromatic nitrogens is 3. The second-order valence-corrected chi connectivity index (χ2v) is 9.71. The molecule has 0 fully saturated rings. The summed E-state index contributed by atoms with van der Waals surface area (Å²) in [5, 5.41) is 15.8. The first kappa shape index (κ1) is 25.1. The Morgan fingerprint density at radius 3 is 2.55 bits per heavy atom. The van der Waals surface area contributed by atoms with E-state index in [1.165, 1.54) is 11.8 Å². The Kier molecular flexibility index (Phi) is 8.40. The number of thioether (sulfide) groups is 1. The Balaban J connectivity index is 1.67. The Morgan fingerprint density at radius 2 is 1.88 bits per heavy atom. The van der Waals surface area contributed by atoms with Crippen LogP contribution in [0.1, 0.15) is 41.6 Å². The molecule has 1 heterocycles. The summed E-state index contributed by atoms with van der Waals surface area (Å²) in [5.41, 5.74) is 2.10. The summed E-state index contributed by atoms with van der Waals surface area (Å²) in [4.78, 5) is 25.2. The van der Waals surface area contributed by atoms with Gasteiger partial charge in [-0.3, -0.25) is 9.59 Å². The third kappa shape index (κ3) is 6.50. The van der Waals surface area contributed by atoms with E-state index in [0.29, 0.717) is 32.3 Å². The molecule has 10 heteroatoms. The summed E-state index contributed by atoms with van der Waals surface area (Å²) in [6.45, 7) is 5.96. The van der Waals surface area contributed by atoms with Crippen LogP contribution in [-0.4, -0.2) is 32.3 Å². The molecule has 0 saturated heterocycles. The number of nitrogens with one attached hydrogen (secondary N) is 2. The van der Waals surface area contributed by atoms with E-state index in [2.05, 4.69) is 20.8 Å². The van der Waals surface area contributed by atoms with Gasteiger partial charge in [0.1, 0.15) is 0 Å². The van der Waals surface area contributed by atoms with E-state index < -0.39 is 0 Å².